The van der Waals surface area contributed by atoms with Crippen LogP contribution in [0.1, 0.15) is 36.1 Å². The molecule has 2 rings (SSSR count). The molecule has 21 heavy (non-hydrogen) atoms. The van der Waals surface area contributed by atoms with Crippen LogP contribution in [0.3, 0.4) is 0 Å². The van der Waals surface area contributed by atoms with E-state index >= 15 is 0 Å². The van der Waals surface area contributed by atoms with Crippen molar-refractivity contribution in [3.05, 3.63) is 47.3 Å². The van der Waals surface area contributed by atoms with Crippen molar-refractivity contribution in [1.82, 2.24) is 15.1 Å². The number of aromatic nitrogens is 2. The zero-order valence-corrected chi connectivity index (χ0v) is 13.4. The van der Waals surface area contributed by atoms with Gasteiger partial charge in [-0.15, -0.1) is 0 Å². The van der Waals surface area contributed by atoms with E-state index in [2.05, 4.69) is 49.5 Å². The fourth-order valence-electron chi connectivity index (χ4n) is 2.47. The molecule has 0 saturated heterocycles. The van der Waals surface area contributed by atoms with E-state index in [1.165, 1.54) is 16.7 Å². The van der Waals surface area contributed by atoms with Crippen molar-refractivity contribution >= 4 is 0 Å². The van der Waals surface area contributed by atoms with E-state index in [-0.39, 0.29) is 6.04 Å². The second-order valence-corrected chi connectivity index (χ2v) is 5.49. The van der Waals surface area contributed by atoms with Crippen LogP contribution in [0.2, 0.25) is 0 Å². The largest absolute Gasteiger partial charge is 0.496 e. The van der Waals surface area contributed by atoms with Crippen molar-refractivity contribution in [1.29, 1.82) is 0 Å². The van der Waals surface area contributed by atoms with Crippen molar-refractivity contribution in [3.8, 4) is 5.75 Å². The SMILES string of the molecule is CCCNC(Cn1cc(C)cn1)c1cc(C)ccc1OC. The molecule has 0 amide bonds. The lowest BCUT2D eigenvalue weighted by Crippen LogP contribution is -2.27. The minimum atomic E-state index is 0.194. The second kappa shape index (κ2) is 7.27. The number of rotatable bonds is 7. The average molecular weight is 287 g/mol. The van der Waals surface area contributed by atoms with Crippen molar-refractivity contribution < 1.29 is 4.74 Å². The summed E-state index contributed by atoms with van der Waals surface area (Å²) >= 11 is 0. The molecule has 0 bridgehead atoms. The number of benzene rings is 1. The van der Waals surface area contributed by atoms with E-state index in [1.807, 2.05) is 16.9 Å². The third-order valence-corrected chi connectivity index (χ3v) is 3.53. The van der Waals surface area contributed by atoms with Crippen LogP contribution in [0.4, 0.5) is 0 Å². The quantitative estimate of drug-likeness (QED) is 0.849. The van der Waals surface area contributed by atoms with Gasteiger partial charge in [0.15, 0.2) is 0 Å². The van der Waals surface area contributed by atoms with Gasteiger partial charge in [0.2, 0.25) is 0 Å². The molecule has 1 aromatic heterocycles. The first-order chi connectivity index (χ1) is 10.1. The number of nitrogens with one attached hydrogen (secondary N) is 1. The predicted octanol–water partition coefficient (Wildman–Crippen LogP) is 3.25. The molecule has 1 unspecified atom stereocenters. The maximum Gasteiger partial charge on any atom is 0.123 e. The first-order valence-corrected chi connectivity index (χ1v) is 7.51. The summed E-state index contributed by atoms with van der Waals surface area (Å²) < 4.78 is 7.53. The molecule has 0 aliphatic rings. The number of aryl methyl sites for hydroxylation is 2. The topological polar surface area (TPSA) is 39.1 Å². The van der Waals surface area contributed by atoms with Crippen molar-refractivity contribution in [3.63, 3.8) is 0 Å². The van der Waals surface area contributed by atoms with Gasteiger partial charge in [0.05, 0.1) is 25.9 Å². The monoisotopic (exact) mass is 287 g/mol. The summed E-state index contributed by atoms with van der Waals surface area (Å²) in [6, 6.07) is 6.51. The highest BCUT2D eigenvalue weighted by Gasteiger charge is 2.17. The van der Waals surface area contributed by atoms with Gasteiger partial charge in [0.1, 0.15) is 5.75 Å². The standard InChI is InChI=1S/C17H25N3O/c1-5-8-18-16(12-20-11-14(3)10-19-20)15-9-13(2)6-7-17(15)21-4/h6-7,9-11,16,18H,5,8,12H2,1-4H3. The van der Waals surface area contributed by atoms with Gasteiger partial charge in [-0.2, -0.15) is 5.10 Å². The van der Waals surface area contributed by atoms with Gasteiger partial charge in [-0.05, 0) is 38.4 Å². The van der Waals surface area contributed by atoms with E-state index in [0.717, 1.165) is 25.3 Å². The Balaban J connectivity index is 2.28. The van der Waals surface area contributed by atoms with Gasteiger partial charge in [0, 0.05) is 11.8 Å². The van der Waals surface area contributed by atoms with Gasteiger partial charge in [0.25, 0.3) is 0 Å². The molecule has 0 saturated carbocycles. The molecular formula is C17H25N3O. The molecule has 114 valence electrons. The summed E-state index contributed by atoms with van der Waals surface area (Å²) in [4.78, 5) is 0. The highest BCUT2D eigenvalue weighted by Crippen LogP contribution is 2.27. The molecule has 0 spiro atoms. The molecule has 1 heterocycles. The maximum absolute atomic E-state index is 5.53. The number of ether oxygens (including phenoxy) is 1. The minimum Gasteiger partial charge on any atom is -0.496 e. The third-order valence-electron chi connectivity index (χ3n) is 3.53. The van der Waals surface area contributed by atoms with Gasteiger partial charge in [-0.25, -0.2) is 0 Å². The molecule has 0 aliphatic carbocycles. The maximum atomic E-state index is 5.53. The van der Waals surface area contributed by atoms with Crippen LogP contribution >= 0.6 is 0 Å². The van der Waals surface area contributed by atoms with Crippen LogP contribution < -0.4 is 10.1 Å². The molecule has 4 heteroatoms. The Kier molecular flexibility index (Phi) is 5.39. The average Bonchev–Trinajstić information content (AvgIpc) is 2.88. The zero-order chi connectivity index (χ0) is 15.2. The predicted molar refractivity (Wildman–Crippen MR) is 85.7 cm³/mol. The summed E-state index contributed by atoms with van der Waals surface area (Å²) in [6.07, 6.45) is 5.07. The Bertz CT molecular complexity index is 577. The Morgan fingerprint density at radius 2 is 2.10 bits per heavy atom. The van der Waals surface area contributed by atoms with E-state index < -0.39 is 0 Å². The summed E-state index contributed by atoms with van der Waals surface area (Å²) in [6.45, 7) is 8.12. The van der Waals surface area contributed by atoms with E-state index in [0.29, 0.717) is 0 Å². The van der Waals surface area contributed by atoms with Gasteiger partial charge < -0.3 is 10.1 Å². The van der Waals surface area contributed by atoms with Crippen LogP contribution in [0, 0.1) is 13.8 Å². The fraction of sp³-hybridized carbons (Fsp3) is 0.471. The summed E-state index contributed by atoms with van der Waals surface area (Å²) in [5.74, 6) is 0.929. The van der Waals surface area contributed by atoms with E-state index in [4.69, 9.17) is 4.74 Å². The minimum absolute atomic E-state index is 0.194. The third kappa shape index (κ3) is 4.08. The molecule has 4 nitrogen and oxygen atoms in total. The summed E-state index contributed by atoms with van der Waals surface area (Å²) in [5.41, 5.74) is 3.62. The first-order valence-electron chi connectivity index (χ1n) is 7.51. The summed E-state index contributed by atoms with van der Waals surface area (Å²) in [5, 5.41) is 8.01. The lowest BCUT2D eigenvalue weighted by Gasteiger charge is -2.22. The molecule has 1 N–H and O–H groups in total. The molecule has 1 atom stereocenters. The molecule has 2 aromatic rings. The van der Waals surface area contributed by atoms with Gasteiger partial charge in [-0.3, -0.25) is 4.68 Å². The first kappa shape index (κ1) is 15.6. The van der Waals surface area contributed by atoms with Crippen molar-refractivity contribution in [2.75, 3.05) is 13.7 Å². The van der Waals surface area contributed by atoms with Crippen LogP contribution in [0.5, 0.6) is 5.75 Å². The molecule has 1 aromatic carbocycles. The van der Waals surface area contributed by atoms with Crippen LogP contribution in [-0.2, 0) is 6.54 Å². The van der Waals surface area contributed by atoms with Crippen LogP contribution in [0.15, 0.2) is 30.6 Å². The van der Waals surface area contributed by atoms with Crippen molar-refractivity contribution in [2.45, 2.75) is 39.8 Å². The number of nitrogens with zero attached hydrogens (tertiary/aromatic N) is 2. The Morgan fingerprint density at radius 3 is 2.71 bits per heavy atom. The Labute approximate surface area is 127 Å². The van der Waals surface area contributed by atoms with Crippen LogP contribution in [0.25, 0.3) is 0 Å². The summed E-state index contributed by atoms with van der Waals surface area (Å²) in [7, 11) is 1.73. The lowest BCUT2D eigenvalue weighted by atomic mass is 10.0. The van der Waals surface area contributed by atoms with Crippen LogP contribution in [-0.4, -0.2) is 23.4 Å². The number of hydrogen-bond acceptors (Lipinski definition) is 3. The fourth-order valence-corrected chi connectivity index (χ4v) is 2.47. The van der Waals surface area contributed by atoms with E-state index in [9.17, 15) is 0 Å². The smallest absolute Gasteiger partial charge is 0.123 e. The van der Waals surface area contributed by atoms with Gasteiger partial charge >= 0.3 is 0 Å². The second-order valence-electron chi connectivity index (χ2n) is 5.49. The van der Waals surface area contributed by atoms with Gasteiger partial charge in [-0.1, -0.05) is 24.6 Å². The number of hydrogen-bond donors (Lipinski definition) is 1. The number of methoxy groups -OCH3 is 1. The highest BCUT2D eigenvalue weighted by molar-refractivity contribution is 5.39. The molecule has 0 radical (unpaired) electrons. The Morgan fingerprint density at radius 1 is 1.29 bits per heavy atom. The molecular weight excluding hydrogens is 262 g/mol. The Hall–Kier alpha value is -1.81. The zero-order valence-electron chi connectivity index (χ0n) is 13.4. The molecule has 0 fully saturated rings. The highest BCUT2D eigenvalue weighted by atomic mass is 16.5. The molecule has 0 aliphatic heterocycles. The van der Waals surface area contributed by atoms with Crippen molar-refractivity contribution in [2.24, 2.45) is 0 Å². The normalized spacial score (nSPS) is 12.4. The lowest BCUT2D eigenvalue weighted by molar-refractivity contribution is 0.383. The van der Waals surface area contributed by atoms with E-state index in [1.54, 1.807) is 7.11 Å².